The van der Waals surface area contributed by atoms with Gasteiger partial charge in [0, 0.05) is 31.7 Å². The number of primary amides is 1. The molecule has 0 aliphatic carbocycles. The second-order valence-electron chi connectivity index (χ2n) is 4.59. The van der Waals surface area contributed by atoms with E-state index in [1.807, 2.05) is 4.90 Å². The predicted molar refractivity (Wildman–Crippen MR) is 70.9 cm³/mol. The highest BCUT2D eigenvalue weighted by Gasteiger charge is 2.27. The lowest BCUT2D eigenvalue weighted by molar-refractivity contribution is -0.124. The summed E-state index contributed by atoms with van der Waals surface area (Å²) in [4.78, 5) is 13.4. The first-order chi connectivity index (χ1) is 9.11. The lowest BCUT2D eigenvalue weighted by atomic mass is 10.1. The number of hydrogen-bond donors (Lipinski definition) is 3. The molecule has 2 rings (SSSR count). The number of phenolic OH excluding ortho intramolecular Hbond substituents is 1. The Kier molecular flexibility index (Phi) is 4.24. The summed E-state index contributed by atoms with van der Waals surface area (Å²) in [6, 6.07) is 4.71. The Balaban J connectivity index is 2.16. The smallest absolute Gasteiger partial charge is 0.236 e. The molecule has 19 heavy (non-hydrogen) atoms. The summed E-state index contributed by atoms with van der Waals surface area (Å²) in [5.74, 6) is 0.524. The van der Waals surface area contributed by atoms with Crippen molar-refractivity contribution >= 4 is 5.91 Å². The van der Waals surface area contributed by atoms with Crippen molar-refractivity contribution in [1.82, 2.24) is 10.2 Å². The van der Waals surface area contributed by atoms with Crippen molar-refractivity contribution in [3.63, 3.8) is 0 Å². The van der Waals surface area contributed by atoms with Gasteiger partial charge in [0.25, 0.3) is 0 Å². The van der Waals surface area contributed by atoms with E-state index in [9.17, 15) is 9.90 Å². The molecule has 4 N–H and O–H groups in total. The molecule has 6 heteroatoms. The van der Waals surface area contributed by atoms with Crippen molar-refractivity contribution in [1.29, 1.82) is 0 Å². The van der Waals surface area contributed by atoms with Crippen LogP contribution in [0.2, 0.25) is 0 Å². The largest absolute Gasteiger partial charge is 0.508 e. The number of carbonyl (C=O) groups excluding carboxylic acids is 1. The molecule has 0 bridgehead atoms. The lowest BCUT2D eigenvalue weighted by Crippen LogP contribution is -2.56. The number of nitrogens with zero attached hydrogens (tertiary/aromatic N) is 1. The topological polar surface area (TPSA) is 87.8 Å². The zero-order valence-electron chi connectivity index (χ0n) is 10.9. The maximum Gasteiger partial charge on any atom is 0.236 e. The molecule has 1 unspecified atom stereocenters. The van der Waals surface area contributed by atoms with Gasteiger partial charge in [0.15, 0.2) is 0 Å². The molecule has 0 aromatic heterocycles. The molecule has 1 fully saturated rings. The Morgan fingerprint density at radius 1 is 1.63 bits per heavy atom. The zero-order chi connectivity index (χ0) is 13.8. The third kappa shape index (κ3) is 3.15. The van der Waals surface area contributed by atoms with Crippen molar-refractivity contribution < 1.29 is 14.6 Å². The fourth-order valence-corrected chi connectivity index (χ4v) is 2.25. The molecule has 1 saturated heterocycles. The fraction of sp³-hybridized carbons (Fsp3) is 0.462. The van der Waals surface area contributed by atoms with Crippen LogP contribution in [0, 0.1) is 0 Å². The zero-order valence-corrected chi connectivity index (χ0v) is 10.9. The van der Waals surface area contributed by atoms with Crippen LogP contribution in [0.4, 0.5) is 0 Å². The maximum absolute atomic E-state index is 11.4. The van der Waals surface area contributed by atoms with Crippen molar-refractivity contribution in [2.45, 2.75) is 12.6 Å². The number of nitrogens with one attached hydrogen (secondary N) is 1. The molecule has 1 aliphatic rings. The van der Waals surface area contributed by atoms with Crippen LogP contribution in [0.3, 0.4) is 0 Å². The van der Waals surface area contributed by atoms with Crippen molar-refractivity contribution in [3.8, 4) is 11.5 Å². The van der Waals surface area contributed by atoms with Crippen LogP contribution in [0.15, 0.2) is 18.2 Å². The monoisotopic (exact) mass is 265 g/mol. The Morgan fingerprint density at radius 2 is 2.42 bits per heavy atom. The van der Waals surface area contributed by atoms with Gasteiger partial charge in [-0.3, -0.25) is 9.69 Å². The number of aromatic hydroxyl groups is 1. The summed E-state index contributed by atoms with van der Waals surface area (Å²) in [7, 11) is 1.58. The predicted octanol–water partition coefficient (Wildman–Crippen LogP) is -0.340. The summed E-state index contributed by atoms with van der Waals surface area (Å²) >= 11 is 0. The molecule has 104 valence electrons. The van der Waals surface area contributed by atoms with Gasteiger partial charge in [-0.05, 0) is 18.2 Å². The molecule has 1 aromatic rings. The van der Waals surface area contributed by atoms with Gasteiger partial charge in [0.05, 0.1) is 7.11 Å². The first-order valence-corrected chi connectivity index (χ1v) is 6.22. The van der Waals surface area contributed by atoms with Crippen LogP contribution >= 0.6 is 0 Å². The minimum absolute atomic E-state index is 0.197. The van der Waals surface area contributed by atoms with E-state index in [1.165, 1.54) is 0 Å². The van der Waals surface area contributed by atoms with E-state index in [0.717, 1.165) is 12.1 Å². The molecule has 0 radical (unpaired) electrons. The second-order valence-corrected chi connectivity index (χ2v) is 4.59. The summed E-state index contributed by atoms with van der Waals surface area (Å²) in [6.45, 7) is 2.52. The molecular formula is C13H19N3O3. The SMILES string of the molecule is COc1ccc(O)c(CN2CCNCC2C(N)=O)c1. The summed E-state index contributed by atoms with van der Waals surface area (Å²) in [5, 5.41) is 13.0. The molecule has 1 heterocycles. The summed E-state index contributed by atoms with van der Waals surface area (Å²) < 4.78 is 5.14. The Morgan fingerprint density at radius 3 is 3.11 bits per heavy atom. The van der Waals surface area contributed by atoms with Crippen LogP contribution < -0.4 is 15.8 Å². The number of carbonyl (C=O) groups is 1. The van der Waals surface area contributed by atoms with E-state index in [1.54, 1.807) is 25.3 Å². The standard InChI is InChI=1S/C13H19N3O3/c1-19-10-2-3-12(17)9(6-10)8-16-5-4-15-7-11(16)13(14)18/h2-3,6,11,15,17H,4-5,7-8H2,1H3,(H2,14,18). The van der Waals surface area contributed by atoms with E-state index in [4.69, 9.17) is 10.5 Å². The number of phenols is 1. The quantitative estimate of drug-likeness (QED) is 0.693. The van der Waals surface area contributed by atoms with Gasteiger partial charge < -0.3 is 20.9 Å². The molecule has 0 saturated carbocycles. The Labute approximate surface area is 112 Å². The van der Waals surface area contributed by atoms with Gasteiger partial charge in [-0.1, -0.05) is 0 Å². The Bertz CT molecular complexity index is 464. The highest BCUT2D eigenvalue weighted by molar-refractivity contribution is 5.80. The maximum atomic E-state index is 11.4. The average molecular weight is 265 g/mol. The van der Waals surface area contributed by atoms with Gasteiger partial charge in [0.2, 0.25) is 5.91 Å². The van der Waals surface area contributed by atoms with Crippen LogP contribution in [-0.2, 0) is 11.3 Å². The van der Waals surface area contributed by atoms with Gasteiger partial charge in [0.1, 0.15) is 17.5 Å². The van der Waals surface area contributed by atoms with E-state index < -0.39 is 0 Å². The third-order valence-corrected chi connectivity index (χ3v) is 3.34. The van der Waals surface area contributed by atoms with E-state index in [2.05, 4.69) is 5.32 Å². The first kappa shape index (κ1) is 13.6. The highest BCUT2D eigenvalue weighted by atomic mass is 16.5. The average Bonchev–Trinajstić information content (AvgIpc) is 2.41. The third-order valence-electron chi connectivity index (χ3n) is 3.34. The van der Waals surface area contributed by atoms with Gasteiger partial charge in [-0.2, -0.15) is 0 Å². The van der Waals surface area contributed by atoms with Crippen molar-refractivity contribution in [2.75, 3.05) is 26.7 Å². The molecule has 1 atom stereocenters. The van der Waals surface area contributed by atoms with Crippen LogP contribution in [-0.4, -0.2) is 48.7 Å². The summed E-state index contributed by atoms with van der Waals surface area (Å²) in [6.07, 6.45) is 0. The molecular weight excluding hydrogens is 246 g/mol. The number of benzene rings is 1. The fourth-order valence-electron chi connectivity index (χ4n) is 2.25. The number of rotatable bonds is 4. The minimum atomic E-state index is -0.352. The van der Waals surface area contributed by atoms with Gasteiger partial charge >= 0.3 is 0 Å². The lowest BCUT2D eigenvalue weighted by Gasteiger charge is -2.34. The van der Waals surface area contributed by atoms with Crippen molar-refractivity contribution in [2.24, 2.45) is 5.73 Å². The van der Waals surface area contributed by atoms with Gasteiger partial charge in [-0.25, -0.2) is 0 Å². The van der Waals surface area contributed by atoms with E-state index >= 15 is 0 Å². The Hall–Kier alpha value is -1.79. The number of methoxy groups -OCH3 is 1. The van der Waals surface area contributed by atoms with Gasteiger partial charge in [-0.15, -0.1) is 0 Å². The molecule has 1 aromatic carbocycles. The minimum Gasteiger partial charge on any atom is -0.508 e. The number of hydrogen-bond acceptors (Lipinski definition) is 5. The molecule has 6 nitrogen and oxygen atoms in total. The van der Waals surface area contributed by atoms with Crippen LogP contribution in [0.1, 0.15) is 5.56 Å². The molecule has 1 amide bonds. The van der Waals surface area contributed by atoms with Crippen LogP contribution in [0.5, 0.6) is 11.5 Å². The normalized spacial score (nSPS) is 20.2. The van der Waals surface area contributed by atoms with E-state index in [0.29, 0.717) is 25.4 Å². The number of piperazine rings is 1. The van der Waals surface area contributed by atoms with E-state index in [-0.39, 0.29) is 17.7 Å². The van der Waals surface area contributed by atoms with Crippen molar-refractivity contribution in [3.05, 3.63) is 23.8 Å². The van der Waals surface area contributed by atoms with Crippen LogP contribution in [0.25, 0.3) is 0 Å². The number of ether oxygens (including phenoxy) is 1. The summed E-state index contributed by atoms with van der Waals surface area (Å²) in [5.41, 5.74) is 6.13. The second kappa shape index (κ2) is 5.90. The molecule has 1 aliphatic heterocycles. The highest BCUT2D eigenvalue weighted by Crippen LogP contribution is 2.25. The molecule has 0 spiro atoms. The first-order valence-electron chi connectivity index (χ1n) is 6.22. The number of amides is 1. The number of nitrogens with two attached hydrogens (primary N) is 1.